The van der Waals surface area contributed by atoms with Crippen molar-refractivity contribution >= 4 is 5.91 Å². The van der Waals surface area contributed by atoms with Gasteiger partial charge in [0, 0.05) is 32.9 Å². The SMILES string of the molecule is CC(C)c1ccc(CN2CCN(C)C(=O)C2)nc1. The van der Waals surface area contributed by atoms with Crippen LogP contribution in [0, 0.1) is 0 Å². The maximum atomic E-state index is 11.6. The number of nitrogens with zero attached hydrogens (tertiary/aromatic N) is 3. The number of pyridine rings is 1. The van der Waals surface area contributed by atoms with Crippen molar-refractivity contribution in [1.82, 2.24) is 14.8 Å². The Hall–Kier alpha value is -1.42. The quantitative estimate of drug-likeness (QED) is 0.811. The van der Waals surface area contributed by atoms with Gasteiger partial charge >= 0.3 is 0 Å². The highest BCUT2D eigenvalue weighted by Gasteiger charge is 2.20. The Morgan fingerprint density at radius 3 is 2.67 bits per heavy atom. The third kappa shape index (κ3) is 3.07. The lowest BCUT2D eigenvalue weighted by Crippen LogP contribution is -2.48. The summed E-state index contributed by atoms with van der Waals surface area (Å²) in [6, 6.07) is 4.20. The highest BCUT2D eigenvalue weighted by Crippen LogP contribution is 2.14. The van der Waals surface area contributed by atoms with Crippen molar-refractivity contribution in [2.45, 2.75) is 26.3 Å². The topological polar surface area (TPSA) is 36.4 Å². The van der Waals surface area contributed by atoms with Crippen LogP contribution >= 0.6 is 0 Å². The molecule has 1 aliphatic heterocycles. The van der Waals surface area contributed by atoms with E-state index in [-0.39, 0.29) is 5.91 Å². The fourth-order valence-electron chi connectivity index (χ4n) is 2.04. The molecule has 0 spiro atoms. The molecule has 2 heterocycles. The molecule has 1 saturated heterocycles. The molecule has 2 rings (SSSR count). The zero-order valence-electron chi connectivity index (χ0n) is 11.4. The molecule has 0 bridgehead atoms. The second-order valence-electron chi connectivity index (χ2n) is 5.26. The molecule has 0 aromatic carbocycles. The predicted octanol–water partition coefficient (Wildman–Crippen LogP) is 1.48. The van der Waals surface area contributed by atoms with Gasteiger partial charge < -0.3 is 4.90 Å². The number of hydrogen-bond acceptors (Lipinski definition) is 3. The number of piperazine rings is 1. The smallest absolute Gasteiger partial charge is 0.236 e. The average molecular weight is 247 g/mol. The van der Waals surface area contributed by atoms with Gasteiger partial charge in [0.05, 0.1) is 12.2 Å². The van der Waals surface area contributed by atoms with Gasteiger partial charge in [-0.05, 0) is 17.5 Å². The summed E-state index contributed by atoms with van der Waals surface area (Å²) in [7, 11) is 1.86. The Balaban J connectivity index is 1.95. The Labute approximate surface area is 109 Å². The molecule has 4 nitrogen and oxygen atoms in total. The van der Waals surface area contributed by atoms with E-state index in [4.69, 9.17) is 0 Å². The largest absolute Gasteiger partial charge is 0.343 e. The van der Waals surface area contributed by atoms with Crippen LogP contribution in [0.3, 0.4) is 0 Å². The maximum absolute atomic E-state index is 11.6. The second-order valence-corrected chi connectivity index (χ2v) is 5.26. The van der Waals surface area contributed by atoms with Crippen molar-refractivity contribution in [3.8, 4) is 0 Å². The van der Waals surface area contributed by atoms with E-state index in [2.05, 4.69) is 35.9 Å². The van der Waals surface area contributed by atoms with E-state index >= 15 is 0 Å². The predicted molar refractivity (Wildman–Crippen MR) is 71.2 cm³/mol. The van der Waals surface area contributed by atoms with Crippen LogP contribution in [0.2, 0.25) is 0 Å². The van der Waals surface area contributed by atoms with Gasteiger partial charge in [0.15, 0.2) is 0 Å². The molecule has 1 aromatic rings. The molecule has 0 radical (unpaired) electrons. The summed E-state index contributed by atoms with van der Waals surface area (Å²) in [5, 5.41) is 0. The Morgan fingerprint density at radius 2 is 2.11 bits per heavy atom. The highest BCUT2D eigenvalue weighted by atomic mass is 16.2. The van der Waals surface area contributed by atoms with Gasteiger partial charge in [-0.3, -0.25) is 14.7 Å². The highest BCUT2D eigenvalue weighted by molar-refractivity contribution is 5.78. The normalized spacial score (nSPS) is 17.6. The number of rotatable bonds is 3. The second kappa shape index (κ2) is 5.48. The lowest BCUT2D eigenvalue weighted by Gasteiger charge is -2.31. The number of likely N-dealkylation sites (N-methyl/N-ethyl adjacent to an activating group) is 1. The minimum Gasteiger partial charge on any atom is -0.343 e. The molecular formula is C14H21N3O. The van der Waals surface area contributed by atoms with E-state index in [9.17, 15) is 4.79 Å². The number of carbonyl (C=O) groups excluding carboxylic acids is 1. The van der Waals surface area contributed by atoms with Crippen molar-refractivity contribution in [2.24, 2.45) is 0 Å². The zero-order chi connectivity index (χ0) is 13.1. The molecule has 4 heteroatoms. The summed E-state index contributed by atoms with van der Waals surface area (Å²) in [5.41, 5.74) is 2.30. The van der Waals surface area contributed by atoms with Crippen LogP contribution in [0.25, 0.3) is 0 Å². The van der Waals surface area contributed by atoms with Crippen molar-refractivity contribution in [2.75, 3.05) is 26.7 Å². The van der Waals surface area contributed by atoms with E-state index in [1.807, 2.05) is 13.2 Å². The number of carbonyl (C=O) groups is 1. The number of hydrogen-bond donors (Lipinski definition) is 0. The summed E-state index contributed by atoms with van der Waals surface area (Å²) in [6.45, 7) is 7.33. The Kier molecular flexibility index (Phi) is 3.97. The zero-order valence-corrected chi connectivity index (χ0v) is 11.4. The monoisotopic (exact) mass is 247 g/mol. The molecular weight excluding hydrogens is 226 g/mol. The lowest BCUT2D eigenvalue weighted by atomic mass is 10.1. The van der Waals surface area contributed by atoms with Gasteiger partial charge in [0.1, 0.15) is 0 Å². The standard InChI is InChI=1S/C14H21N3O/c1-11(2)12-4-5-13(15-8-12)9-17-7-6-16(3)14(18)10-17/h4-5,8,11H,6-7,9-10H2,1-3H3. The number of aromatic nitrogens is 1. The first-order chi connectivity index (χ1) is 8.56. The van der Waals surface area contributed by atoms with Crippen LogP contribution in [0.15, 0.2) is 18.3 Å². The molecule has 0 N–H and O–H groups in total. The third-order valence-electron chi connectivity index (χ3n) is 3.44. The first-order valence-corrected chi connectivity index (χ1v) is 6.47. The first kappa shape index (κ1) is 13.0. The summed E-state index contributed by atoms with van der Waals surface area (Å²) in [6.07, 6.45) is 1.94. The Bertz CT molecular complexity index is 414. The van der Waals surface area contributed by atoms with Gasteiger partial charge in [-0.1, -0.05) is 19.9 Å². The van der Waals surface area contributed by atoms with Crippen LogP contribution in [-0.4, -0.2) is 47.4 Å². The van der Waals surface area contributed by atoms with Crippen LogP contribution in [-0.2, 0) is 11.3 Å². The van der Waals surface area contributed by atoms with E-state index in [0.29, 0.717) is 12.5 Å². The molecule has 0 saturated carbocycles. The molecule has 1 aromatic heterocycles. The van der Waals surface area contributed by atoms with E-state index < -0.39 is 0 Å². The molecule has 1 aliphatic rings. The molecule has 1 amide bonds. The van der Waals surface area contributed by atoms with Crippen molar-refractivity contribution in [3.63, 3.8) is 0 Å². The van der Waals surface area contributed by atoms with E-state index in [1.54, 1.807) is 4.90 Å². The molecule has 18 heavy (non-hydrogen) atoms. The summed E-state index contributed by atoms with van der Waals surface area (Å²) in [5.74, 6) is 0.705. The summed E-state index contributed by atoms with van der Waals surface area (Å²) < 4.78 is 0. The van der Waals surface area contributed by atoms with Crippen LogP contribution in [0.5, 0.6) is 0 Å². The van der Waals surface area contributed by atoms with Gasteiger partial charge in [0.25, 0.3) is 0 Å². The van der Waals surface area contributed by atoms with Gasteiger partial charge in [-0.25, -0.2) is 0 Å². The molecule has 1 fully saturated rings. The maximum Gasteiger partial charge on any atom is 0.236 e. The van der Waals surface area contributed by atoms with E-state index in [0.717, 1.165) is 25.3 Å². The molecule has 98 valence electrons. The minimum atomic E-state index is 0.194. The van der Waals surface area contributed by atoms with Crippen LogP contribution in [0.1, 0.15) is 31.0 Å². The van der Waals surface area contributed by atoms with E-state index in [1.165, 1.54) is 5.56 Å². The van der Waals surface area contributed by atoms with Crippen molar-refractivity contribution < 1.29 is 4.79 Å². The lowest BCUT2D eigenvalue weighted by molar-refractivity contribution is -0.134. The van der Waals surface area contributed by atoms with Crippen molar-refractivity contribution in [3.05, 3.63) is 29.6 Å². The minimum absolute atomic E-state index is 0.194. The van der Waals surface area contributed by atoms with Gasteiger partial charge in [0.2, 0.25) is 5.91 Å². The first-order valence-electron chi connectivity index (χ1n) is 6.47. The molecule has 0 unspecified atom stereocenters. The summed E-state index contributed by atoms with van der Waals surface area (Å²) in [4.78, 5) is 20.0. The fourth-order valence-corrected chi connectivity index (χ4v) is 2.04. The summed E-state index contributed by atoms with van der Waals surface area (Å²) >= 11 is 0. The third-order valence-corrected chi connectivity index (χ3v) is 3.44. The Morgan fingerprint density at radius 1 is 1.33 bits per heavy atom. The van der Waals surface area contributed by atoms with Crippen molar-refractivity contribution in [1.29, 1.82) is 0 Å². The van der Waals surface area contributed by atoms with Crippen LogP contribution < -0.4 is 0 Å². The fraction of sp³-hybridized carbons (Fsp3) is 0.571. The average Bonchev–Trinajstić information content (AvgIpc) is 2.34. The molecule has 0 aliphatic carbocycles. The number of amides is 1. The van der Waals surface area contributed by atoms with Gasteiger partial charge in [-0.15, -0.1) is 0 Å². The van der Waals surface area contributed by atoms with Gasteiger partial charge in [-0.2, -0.15) is 0 Å². The molecule has 0 atom stereocenters. The van der Waals surface area contributed by atoms with Crippen LogP contribution in [0.4, 0.5) is 0 Å².